The van der Waals surface area contributed by atoms with E-state index in [0.29, 0.717) is 5.92 Å². The molecule has 78 valence electrons. The van der Waals surface area contributed by atoms with Crippen LogP contribution in [0.5, 0.6) is 0 Å². The maximum Gasteiger partial charge on any atom is 0.0534 e. The van der Waals surface area contributed by atoms with Crippen LogP contribution in [-0.4, -0.2) is 30.0 Å². The molecule has 0 bridgehead atoms. The van der Waals surface area contributed by atoms with Crippen LogP contribution < -0.4 is 5.32 Å². The van der Waals surface area contributed by atoms with E-state index in [9.17, 15) is 0 Å². The lowest BCUT2D eigenvalue weighted by molar-refractivity contribution is 0.181. The first kappa shape index (κ1) is 9.68. The van der Waals surface area contributed by atoms with Crippen LogP contribution in [-0.2, 0) is 17.8 Å². The lowest BCUT2D eigenvalue weighted by atomic mass is 10.1. The molecule has 4 heteroatoms. The molecule has 0 amide bonds. The van der Waals surface area contributed by atoms with Crippen LogP contribution in [0, 0.1) is 5.92 Å². The molecular formula is C10H17N3O. The van der Waals surface area contributed by atoms with Crippen molar-refractivity contribution in [3.05, 3.63) is 18.0 Å². The van der Waals surface area contributed by atoms with Gasteiger partial charge in [0.25, 0.3) is 0 Å². The molecule has 2 heterocycles. The zero-order chi connectivity index (χ0) is 9.80. The fourth-order valence-electron chi connectivity index (χ4n) is 1.79. The van der Waals surface area contributed by atoms with Gasteiger partial charge in [-0.15, -0.1) is 0 Å². The lowest BCUT2D eigenvalue weighted by Gasteiger charge is -2.06. The summed E-state index contributed by atoms with van der Waals surface area (Å²) in [6, 6.07) is 0. The Morgan fingerprint density at radius 2 is 2.64 bits per heavy atom. The highest BCUT2D eigenvalue weighted by Gasteiger charge is 2.16. The first-order valence-electron chi connectivity index (χ1n) is 5.12. The van der Waals surface area contributed by atoms with Crippen LogP contribution in [0.15, 0.2) is 12.4 Å². The minimum absolute atomic E-state index is 0.650. The van der Waals surface area contributed by atoms with E-state index in [4.69, 9.17) is 4.74 Å². The number of aromatic nitrogens is 2. The molecule has 0 aliphatic carbocycles. The first-order chi connectivity index (χ1) is 6.88. The van der Waals surface area contributed by atoms with Crippen molar-refractivity contribution in [3.63, 3.8) is 0 Å². The monoisotopic (exact) mass is 195 g/mol. The summed E-state index contributed by atoms with van der Waals surface area (Å²) in [5, 5.41) is 7.43. The van der Waals surface area contributed by atoms with Crippen molar-refractivity contribution < 1.29 is 4.74 Å². The zero-order valence-corrected chi connectivity index (χ0v) is 8.57. The minimum Gasteiger partial charge on any atom is -0.381 e. The molecule has 0 spiro atoms. The maximum absolute atomic E-state index is 5.33. The van der Waals surface area contributed by atoms with Gasteiger partial charge in [0, 0.05) is 37.4 Å². The Kier molecular flexibility index (Phi) is 3.16. The Morgan fingerprint density at radius 3 is 3.36 bits per heavy atom. The minimum atomic E-state index is 0.650. The standard InChI is InChI=1S/C10H17N3O/c1-11-4-10-5-12-13(7-10)6-9-2-3-14-8-9/h5,7,9,11H,2-4,6,8H2,1H3/t9-/m1/s1. The Labute approximate surface area is 84.3 Å². The summed E-state index contributed by atoms with van der Waals surface area (Å²) in [5.41, 5.74) is 1.24. The van der Waals surface area contributed by atoms with E-state index in [1.54, 1.807) is 0 Å². The molecule has 0 radical (unpaired) electrons. The summed E-state index contributed by atoms with van der Waals surface area (Å²) in [7, 11) is 1.95. The van der Waals surface area contributed by atoms with Gasteiger partial charge < -0.3 is 10.1 Å². The fraction of sp³-hybridized carbons (Fsp3) is 0.700. The third-order valence-electron chi connectivity index (χ3n) is 2.54. The van der Waals surface area contributed by atoms with Gasteiger partial charge in [-0.3, -0.25) is 4.68 Å². The molecule has 14 heavy (non-hydrogen) atoms. The second-order valence-electron chi connectivity index (χ2n) is 3.83. The van der Waals surface area contributed by atoms with E-state index in [0.717, 1.165) is 26.3 Å². The van der Waals surface area contributed by atoms with Gasteiger partial charge in [-0.25, -0.2) is 0 Å². The van der Waals surface area contributed by atoms with Gasteiger partial charge in [0.2, 0.25) is 0 Å². The van der Waals surface area contributed by atoms with E-state index < -0.39 is 0 Å². The lowest BCUT2D eigenvalue weighted by Crippen LogP contribution is -2.11. The number of rotatable bonds is 4. The van der Waals surface area contributed by atoms with Gasteiger partial charge in [0.05, 0.1) is 12.8 Å². The van der Waals surface area contributed by atoms with Gasteiger partial charge in [-0.2, -0.15) is 5.10 Å². The quantitative estimate of drug-likeness (QED) is 0.766. The van der Waals surface area contributed by atoms with Crippen molar-refractivity contribution in [3.8, 4) is 0 Å². The molecule has 1 saturated heterocycles. The summed E-state index contributed by atoms with van der Waals surface area (Å²) in [4.78, 5) is 0. The van der Waals surface area contributed by atoms with Gasteiger partial charge in [0.1, 0.15) is 0 Å². The molecule has 0 saturated carbocycles. The average molecular weight is 195 g/mol. The van der Waals surface area contributed by atoms with Crippen LogP contribution in [0.25, 0.3) is 0 Å². The molecule has 4 nitrogen and oxygen atoms in total. The molecule has 1 aromatic heterocycles. The third kappa shape index (κ3) is 2.33. The van der Waals surface area contributed by atoms with Gasteiger partial charge in [-0.05, 0) is 13.5 Å². The first-order valence-corrected chi connectivity index (χ1v) is 5.12. The van der Waals surface area contributed by atoms with Crippen LogP contribution >= 0.6 is 0 Å². The normalized spacial score (nSPS) is 21.6. The highest BCUT2D eigenvalue weighted by atomic mass is 16.5. The Morgan fingerprint density at radius 1 is 1.71 bits per heavy atom. The molecule has 0 unspecified atom stereocenters. The molecule has 1 aliphatic rings. The number of nitrogens with one attached hydrogen (secondary N) is 1. The predicted octanol–water partition coefficient (Wildman–Crippen LogP) is 0.639. The molecule has 0 aromatic carbocycles. The van der Waals surface area contributed by atoms with Crippen molar-refractivity contribution in [2.75, 3.05) is 20.3 Å². The van der Waals surface area contributed by atoms with Gasteiger partial charge in [0.15, 0.2) is 0 Å². The largest absolute Gasteiger partial charge is 0.381 e. The molecule has 1 atom stereocenters. The summed E-state index contributed by atoms with van der Waals surface area (Å²) >= 11 is 0. The number of hydrogen-bond acceptors (Lipinski definition) is 3. The summed E-state index contributed by atoms with van der Waals surface area (Å²) in [5.74, 6) is 0.650. The van der Waals surface area contributed by atoms with Gasteiger partial charge >= 0.3 is 0 Å². The molecule has 1 fully saturated rings. The van der Waals surface area contributed by atoms with Crippen molar-refractivity contribution in [1.29, 1.82) is 0 Å². The topological polar surface area (TPSA) is 39.1 Å². The van der Waals surface area contributed by atoms with Crippen LogP contribution in [0.1, 0.15) is 12.0 Å². The van der Waals surface area contributed by atoms with E-state index in [1.165, 1.54) is 12.0 Å². The zero-order valence-electron chi connectivity index (χ0n) is 8.57. The number of hydrogen-bond donors (Lipinski definition) is 1. The van der Waals surface area contributed by atoms with Crippen LogP contribution in [0.4, 0.5) is 0 Å². The van der Waals surface area contributed by atoms with Gasteiger partial charge in [-0.1, -0.05) is 0 Å². The van der Waals surface area contributed by atoms with Crippen molar-refractivity contribution in [2.45, 2.75) is 19.5 Å². The highest BCUT2D eigenvalue weighted by Crippen LogP contribution is 2.14. The SMILES string of the molecule is CNCc1cnn(C[C@H]2CCOC2)c1. The highest BCUT2D eigenvalue weighted by molar-refractivity contribution is 5.03. The Balaban J connectivity index is 1.88. The van der Waals surface area contributed by atoms with Crippen LogP contribution in [0.3, 0.4) is 0 Å². The maximum atomic E-state index is 5.33. The Bertz CT molecular complexity index is 279. The number of nitrogens with zero attached hydrogens (tertiary/aromatic N) is 2. The van der Waals surface area contributed by atoms with E-state index in [-0.39, 0.29) is 0 Å². The Hall–Kier alpha value is -0.870. The molecular weight excluding hydrogens is 178 g/mol. The summed E-state index contributed by atoms with van der Waals surface area (Å²) in [6.07, 6.45) is 5.20. The second kappa shape index (κ2) is 4.57. The van der Waals surface area contributed by atoms with E-state index >= 15 is 0 Å². The second-order valence-corrected chi connectivity index (χ2v) is 3.83. The molecule has 2 rings (SSSR count). The predicted molar refractivity (Wildman–Crippen MR) is 53.9 cm³/mol. The van der Waals surface area contributed by atoms with E-state index in [2.05, 4.69) is 16.6 Å². The smallest absolute Gasteiger partial charge is 0.0534 e. The third-order valence-corrected chi connectivity index (χ3v) is 2.54. The molecule has 1 N–H and O–H groups in total. The van der Waals surface area contributed by atoms with E-state index in [1.807, 2.05) is 17.9 Å². The van der Waals surface area contributed by atoms with Crippen LogP contribution in [0.2, 0.25) is 0 Å². The van der Waals surface area contributed by atoms with Crippen molar-refractivity contribution >= 4 is 0 Å². The summed E-state index contributed by atoms with van der Waals surface area (Å²) < 4.78 is 7.35. The molecule has 1 aliphatic heterocycles. The number of ether oxygens (including phenoxy) is 1. The molecule has 1 aromatic rings. The van der Waals surface area contributed by atoms with Crippen molar-refractivity contribution in [1.82, 2.24) is 15.1 Å². The summed E-state index contributed by atoms with van der Waals surface area (Å²) in [6.45, 7) is 3.68. The van der Waals surface area contributed by atoms with Crippen molar-refractivity contribution in [2.24, 2.45) is 5.92 Å². The fourth-order valence-corrected chi connectivity index (χ4v) is 1.79. The average Bonchev–Trinajstić information content (AvgIpc) is 2.79.